The van der Waals surface area contributed by atoms with E-state index in [4.69, 9.17) is 5.73 Å². The summed E-state index contributed by atoms with van der Waals surface area (Å²) in [5.74, 6) is 0.264. The zero-order chi connectivity index (χ0) is 11.4. The molecule has 2 heteroatoms. The summed E-state index contributed by atoms with van der Waals surface area (Å²) >= 11 is 0. The molecule has 1 aliphatic rings. The summed E-state index contributed by atoms with van der Waals surface area (Å²) in [4.78, 5) is 12.3. The summed E-state index contributed by atoms with van der Waals surface area (Å²) in [5, 5.41) is 0. The van der Waals surface area contributed by atoms with Gasteiger partial charge in [-0.05, 0) is 12.8 Å². The van der Waals surface area contributed by atoms with Crippen molar-refractivity contribution in [3.63, 3.8) is 0 Å². The standard InChI is InChI=1S/C14H19NO/c15-13-10-6-2-5-9-12(13)14(16)11-7-3-1-4-8-11/h1,3-4,7-8,12-13H,2,5-6,9-10,15H2. The average Bonchev–Trinajstić information content (AvgIpc) is 2.54. The van der Waals surface area contributed by atoms with E-state index in [2.05, 4.69) is 0 Å². The SMILES string of the molecule is NC1CCCCCC1C(=O)c1ccccc1. The van der Waals surface area contributed by atoms with Crippen molar-refractivity contribution in [3.8, 4) is 0 Å². The van der Waals surface area contributed by atoms with Gasteiger partial charge in [0.05, 0.1) is 0 Å². The Hall–Kier alpha value is -1.15. The molecule has 0 aliphatic heterocycles. The first kappa shape index (κ1) is 11.3. The Morgan fingerprint density at radius 3 is 2.50 bits per heavy atom. The second-order valence-electron chi connectivity index (χ2n) is 4.64. The third-order valence-corrected chi connectivity index (χ3v) is 3.46. The van der Waals surface area contributed by atoms with E-state index in [1.165, 1.54) is 12.8 Å². The Bertz CT molecular complexity index is 347. The highest BCUT2D eigenvalue weighted by molar-refractivity contribution is 5.98. The molecule has 1 aromatic carbocycles. The Morgan fingerprint density at radius 1 is 1.06 bits per heavy atom. The molecule has 2 unspecified atom stereocenters. The minimum atomic E-state index is 0.0323. The van der Waals surface area contributed by atoms with Crippen LogP contribution in [0, 0.1) is 5.92 Å². The molecular weight excluding hydrogens is 198 g/mol. The van der Waals surface area contributed by atoms with Gasteiger partial charge >= 0.3 is 0 Å². The fourth-order valence-electron chi connectivity index (χ4n) is 2.48. The third-order valence-electron chi connectivity index (χ3n) is 3.46. The van der Waals surface area contributed by atoms with Gasteiger partial charge in [-0.3, -0.25) is 4.79 Å². The van der Waals surface area contributed by atoms with E-state index in [1.807, 2.05) is 30.3 Å². The zero-order valence-electron chi connectivity index (χ0n) is 9.56. The maximum absolute atomic E-state index is 12.3. The first-order valence-corrected chi connectivity index (χ1v) is 6.14. The Kier molecular flexibility index (Phi) is 3.73. The predicted octanol–water partition coefficient (Wildman–Crippen LogP) is 2.78. The first-order chi connectivity index (χ1) is 7.79. The van der Waals surface area contributed by atoms with E-state index in [9.17, 15) is 4.79 Å². The number of hydrogen-bond donors (Lipinski definition) is 1. The maximum Gasteiger partial charge on any atom is 0.167 e. The van der Waals surface area contributed by atoms with Gasteiger partial charge in [0.25, 0.3) is 0 Å². The fourth-order valence-corrected chi connectivity index (χ4v) is 2.48. The molecule has 1 saturated carbocycles. The summed E-state index contributed by atoms with van der Waals surface area (Å²) in [6.07, 6.45) is 5.46. The van der Waals surface area contributed by atoms with Crippen LogP contribution in [0.25, 0.3) is 0 Å². The maximum atomic E-state index is 12.3. The van der Waals surface area contributed by atoms with Gasteiger partial charge in [-0.15, -0.1) is 0 Å². The lowest BCUT2D eigenvalue weighted by Gasteiger charge is -2.19. The molecule has 0 bridgehead atoms. The molecule has 2 rings (SSSR count). The third kappa shape index (κ3) is 2.50. The molecule has 1 fully saturated rings. The summed E-state index contributed by atoms with van der Waals surface area (Å²) < 4.78 is 0. The summed E-state index contributed by atoms with van der Waals surface area (Å²) in [7, 11) is 0. The zero-order valence-corrected chi connectivity index (χ0v) is 9.56. The van der Waals surface area contributed by atoms with Crippen LogP contribution in [0.3, 0.4) is 0 Å². The summed E-state index contributed by atoms with van der Waals surface area (Å²) in [6.45, 7) is 0. The number of nitrogens with two attached hydrogens (primary N) is 1. The highest BCUT2D eigenvalue weighted by atomic mass is 16.1. The van der Waals surface area contributed by atoms with E-state index < -0.39 is 0 Å². The molecule has 0 amide bonds. The molecule has 2 atom stereocenters. The first-order valence-electron chi connectivity index (χ1n) is 6.14. The molecule has 0 saturated heterocycles. The largest absolute Gasteiger partial charge is 0.327 e. The van der Waals surface area contributed by atoms with E-state index in [0.717, 1.165) is 24.8 Å². The van der Waals surface area contributed by atoms with Crippen molar-refractivity contribution in [1.82, 2.24) is 0 Å². The van der Waals surface area contributed by atoms with Crippen LogP contribution in [0.15, 0.2) is 30.3 Å². The molecule has 0 radical (unpaired) electrons. The number of ketones is 1. The highest BCUT2D eigenvalue weighted by Gasteiger charge is 2.27. The normalized spacial score (nSPS) is 26.1. The van der Waals surface area contributed by atoms with Crippen LogP contribution in [-0.4, -0.2) is 11.8 Å². The van der Waals surface area contributed by atoms with E-state index in [-0.39, 0.29) is 17.7 Å². The van der Waals surface area contributed by atoms with Gasteiger partial charge < -0.3 is 5.73 Å². The Labute approximate surface area is 96.8 Å². The van der Waals surface area contributed by atoms with Crippen molar-refractivity contribution in [3.05, 3.63) is 35.9 Å². The second-order valence-corrected chi connectivity index (χ2v) is 4.64. The monoisotopic (exact) mass is 217 g/mol. The molecule has 0 heterocycles. The molecule has 0 aromatic heterocycles. The fraction of sp³-hybridized carbons (Fsp3) is 0.500. The van der Waals surface area contributed by atoms with Gasteiger partial charge in [-0.2, -0.15) is 0 Å². The molecule has 2 N–H and O–H groups in total. The van der Waals surface area contributed by atoms with Gasteiger partial charge in [0.15, 0.2) is 5.78 Å². The molecule has 16 heavy (non-hydrogen) atoms. The van der Waals surface area contributed by atoms with Gasteiger partial charge in [0, 0.05) is 17.5 Å². The van der Waals surface area contributed by atoms with Crippen molar-refractivity contribution in [2.45, 2.75) is 38.1 Å². The minimum Gasteiger partial charge on any atom is -0.327 e. The van der Waals surface area contributed by atoms with E-state index >= 15 is 0 Å². The van der Waals surface area contributed by atoms with Crippen LogP contribution in [0.2, 0.25) is 0 Å². The van der Waals surface area contributed by atoms with Gasteiger partial charge in [0.2, 0.25) is 0 Å². The Morgan fingerprint density at radius 2 is 1.75 bits per heavy atom. The molecule has 2 nitrogen and oxygen atoms in total. The lowest BCUT2D eigenvalue weighted by Crippen LogP contribution is -2.34. The number of hydrogen-bond acceptors (Lipinski definition) is 2. The number of carbonyl (C=O) groups excluding carboxylic acids is 1. The number of benzene rings is 1. The predicted molar refractivity (Wildman–Crippen MR) is 65.3 cm³/mol. The van der Waals surface area contributed by atoms with Crippen LogP contribution in [0.1, 0.15) is 42.5 Å². The van der Waals surface area contributed by atoms with Crippen LogP contribution in [-0.2, 0) is 0 Å². The molecule has 86 valence electrons. The van der Waals surface area contributed by atoms with Crippen LogP contribution < -0.4 is 5.73 Å². The van der Waals surface area contributed by atoms with Crippen molar-refractivity contribution in [2.75, 3.05) is 0 Å². The number of rotatable bonds is 2. The van der Waals surface area contributed by atoms with Crippen LogP contribution >= 0.6 is 0 Å². The van der Waals surface area contributed by atoms with Crippen molar-refractivity contribution in [2.24, 2.45) is 11.7 Å². The Balaban J connectivity index is 2.14. The molecule has 0 spiro atoms. The summed E-state index contributed by atoms with van der Waals surface area (Å²) in [6, 6.07) is 9.59. The smallest absolute Gasteiger partial charge is 0.167 e. The lowest BCUT2D eigenvalue weighted by molar-refractivity contribution is 0.0895. The topological polar surface area (TPSA) is 43.1 Å². The lowest BCUT2D eigenvalue weighted by atomic mass is 9.88. The number of carbonyl (C=O) groups is 1. The van der Waals surface area contributed by atoms with Crippen molar-refractivity contribution >= 4 is 5.78 Å². The van der Waals surface area contributed by atoms with Crippen molar-refractivity contribution in [1.29, 1.82) is 0 Å². The number of Topliss-reactive ketones (excluding diaryl/α,β-unsaturated/α-hetero) is 1. The van der Waals surface area contributed by atoms with Gasteiger partial charge in [-0.1, -0.05) is 49.6 Å². The van der Waals surface area contributed by atoms with E-state index in [0.29, 0.717) is 0 Å². The van der Waals surface area contributed by atoms with Crippen LogP contribution in [0.4, 0.5) is 0 Å². The summed E-state index contributed by atoms with van der Waals surface area (Å²) in [5.41, 5.74) is 6.91. The molecular formula is C14H19NO. The second kappa shape index (κ2) is 5.26. The van der Waals surface area contributed by atoms with E-state index in [1.54, 1.807) is 0 Å². The highest BCUT2D eigenvalue weighted by Crippen LogP contribution is 2.25. The quantitative estimate of drug-likeness (QED) is 0.611. The molecule has 1 aliphatic carbocycles. The minimum absolute atomic E-state index is 0.0323. The average molecular weight is 217 g/mol. The van der Waals surface area contributed by atoms with Gasteiger partial charge in [-0.25, -0.2) is 0 Å². The molecule has 1 aromatic rings. The van der Waals surface area contributed by atoms with Crippen molar-refractivity contribution < 1.29 is 4.79 Å². The van der Waals surface area contributed by atoms with Crippen LogP contribution in [0.5, 0.6) is 0 Å². The van der Waals surface area contributed by atoms with Gasteiger partial charge in [0.1, 0.15) is 0 Å².